The molecule has 8 heteroatoms. The summed E-state index contributed by atoms with van der Waals surface area (Å²) in [6.07, 6.45) is -3.44. The molecule has 0 aliphatic carbocycles. The van der Waals surface area contributed by atoms with Crippen molar-refractivity contribution in [2.75, 3.05) is 5.73 Å². The first-order chi connectivity index (χ1) is 8.37. The molecular weight excluding hydrogens is 249 g/mol. The second kappa shape index (κ2) is 4.21. The maximum absolute atomic E-state index is 12.2. The molecule has 0 fully saturated rings. The van der Waals surface area contributed by atoms with Gasteiger partial charge in [0.25, 0.3) is 0 Å². The standard InChI is InChI=1S/C10H9F3N4O/c11-10(12,13)5-17-9(18)16(6-15-17)8-3-1-7(14)2-4-8/h1-4,6H,5,14H2. The molecule has 96 valence electrons. The van der Waals surface area contributed by atoms with Crippen LogP contribution in [-0.2, 0) is 6.54 Å². The van der Waals surface area contributed by atoms with E-state index < -0.39 is 18.4 Å². The van der Waals surface area contributed by atoms with Crippen molar-refractivity contribution in [2.45, 2.75) is 12.7 Å². The molecule has 0 atom stereocenters. The van der Waals surface area contributed by atoms with E-state index in [0.29, 0.717) is 16.1 Å². The van der Waals surface area contributed by atoms with E-state index in [2.05, 4.69) is 5.10 Å². The van der Waals surface area contributed by atoms with E-state index in [0.717, 1.165) is 10.9 Å². The van der Waals surface area contributed by atoms with Crippen LogP contribution < -0.4 is 11.4 Å². The third-order valence-corrected chi connectivity index (χ3v) is 2.23. The lowest BCUT2D eigenvalue weighted by Crippen LogP contribution is -2.30. The van der Waals surface area contributed by atoms with Crippen LogP contribution in [0.3, 0.4) is 0 Å². The minimum absolute atomic E-state index is 0.357. The number of hydrogen-bond acceptors (Lipinski definition) is 3. The fraction of sp³-hybridized carbons (Fsp3) is 0.200. The lowest BCUT2D eigenvalue weighted by atomic mass is 10.3. The minimum Gasteiger partial charge on any atom is -0.399 e. The van der Waals surface area contributed by atoms with E-state index in [-0.39, 0.29) is 0 Å². The zero-order valence-electron chi connectivity index (χ0n) is 9.05. The van der Waals surface area contributed by atoms with Gasteiger partial charge in [-0.25, -0.2) is 14.0 Å². The monoisotopic (exact) mass is 258 g/mol. The van der Waals surface area contributed by atoms with Gasteiger partial charge >= 0.3 is 11.9 Å². The Balaban J connectivity index is 2.37. The first-order valence-electron chi connectivity index (χ1n) is 4.94. The Morgan fingerprint density at radius 3 is 2.39 bits per heavy atom. The van der Waals surface area contributed by atoms with Crippen LogP contribution in [0.15, 0.2) is 35.4 Å². The van der Waals surface area contributed by atoms with Gasteiger partial charge in [0.2, 0.25) is 0 Å². The second-order valence-electron chi connectivity index (χ2n) is 3.65. The van der Waals surface area contributed by atoms with Gasteiger partial charge in [0, 0.05) is 5.69 Å². The average molecular weight is 258 g/mol. The first-order valence-corrected chi connectivity index (χ1v) is 4.94. The molecule has 2 rings (SSSR count). The first kappa shape index (κ1) is 12.2. The fourth-order valence-electron chi connectivity index (χ4n) is 1.43. The van der Waals surface area contributed by atoms with Crippen LogP contribution >= 0.6 is 0 Å². The zero-order valence-corrected chi connectivity index (χ0v) is 9.05. The van der Waals surface area contributed by atoms with E-state index in [1.807, 2.05) is 0 Å². The summed E-state index contributed by atoms with van der Waals surface area (Å²) in [4.78, 5) is 11.7. The number of aromatic nitrogens is 3. The molecule has 0 saturated heterocycles. The maximum atomic E-state index is 12.2. The highest BCUT2D eigenvalue weighted by molar-refractivity contribution is 5.44. The summed E-state index contributed by atoms with van der Waals surface area (Å²) in [6, 6.07) is 6.14. The van der Waals surface area contributed by atoms with Crippen molar-refractivity contribution in [1.29, 1.82) is 0 Å². The van der Waals surface area contributed by atoms with Crippen LogP contribution in [0.4, 0.5) is 18.9 Å². The zero-order chi connectivity index (χ0) is 13.3. The molecule has 1 aromatic heterocycles. The van der Waals surface area contributed by atoms with E-state index in [4.69, 9.17) is 5.73 Å². The van der Waals surface area contributed by atoms with Crippen molar-refractivity contribution in [3.05, 3.63) is 41.1 Å². The van der Waals surface area contributed by atoms with Gasteiger partial charge in [-0.1, -0.05) is 0 Å². The van der Waals surface area contributed by atoms with Crippen LogP contribution in [0.25, 0.3) is 5.69 Å². The van der Waals surface area contributed by atoms with Crippen LogP contribution in [0.2, 0.25) is 0 Å². The van der Waals surface area contributed by atoms with E-state index in [1.165, 1.54) is 12.1 Å². The number of rotatable bonds is 2. The predicted octanol–water partition coefficient (Wildman–Crippen LogP) is 1.18. The van der Waals surface area contributed by atoms with Crippen molar-refractivity contribution in [2.24, 2.45) is 0 Å². The lowest BCUT2D eigenvalue weighted by Gasteiger charge is -2.04. The quantitative estimate of drug-likeness (QED) is 0.822. The topological polar surface area (TPSA) is 65.8 Å². The number of anilines is 1. The largest absolute Gasteiger partial charge is 0.408 e. The van der Waals surface area contributed by atoms with E-state index in [9.17, 15) is 18.0 Å². The van der Waals surface area contributed by atoms with Crippen LogP contribution in [-0.4, -0.2) is 20.5 Å². The summed E-state index contributed by atoms with van der Waals surface area (Å²) in [5.41, 5.74) is 5.52. The molecule has 2 N–H and O–H groups in total. The molecular formula is C10H9F3N4O. The van der Waals surface area contributed by atoms with Gasteiger partial charge in [-0.3, -0.25) is 0 Å². The second-order valence-corrected chi connectivity index (χ2v) is 3.65. The molecule has 1 heterocycles. The van der Waals surface area contributed by atoms with E-state index >= 15 is 0 Å². The van der Waals surface area contributed by atoms with Gasteiger partial charge < -0.3 is 5.73 Å². The van der Waals surface area contributed by atoms with Crippen molar-refractivity contribution < 1.29 is 13.2 Å². The average Bonchev–Trinajstić information content (AvgIpc) is 2.60. The molecule has 5 nitrogen and oxygen atoms in total. The summed E-state index contributed by atoms with van der Waals surface area (Å²) in [5.74, 6) is 0. The highest BCUT2D eigenvalue weighted by Gasteiger charge is 2.29. The maximum Gasteiger partial charge on any atom is 0.408 e. The smallest absolute Gasteiger partial charge is 0.399 e. The molecule has 0 saturated carbocycles. The molecule has 0 bridgehead atoms. The SMILES string of the molecule is Nc1ccc(-n2cnn(CC(F)(F)F)c2=O)cc1. The van der Waals surface area contributed by atoms with Crippen LogP contribution in [0.1, 0.15) is 0 Å². The van der Waals surface area contributed by atoms with Gasteiger partial charge in [0.15, 0.2) is 0 Å². The van der Waals surface area contributed by atoms with Crippen molar-refractivity contribution >= 4 is 5.69 Å². The molecule has 0 amide bonds. The van der Waals surface area contributed by atoms with Crippen LogP contribution in [0, 0.1) is 0 Å². The number of alkyl halides is 3. The molecule has 1 aromatic carbocycles. The summed E-state index contributed by atoms with van der Waals surface area (Å²) < 4.78 is 37.9. The minimum atomic E-state index is -4.48. The summed E-state index contributed by atoms with van der Waals surface area (Å²) in [5, 5.41) is 3.42. The molecule has 0 spiro atoms. The Hall–Kier alpha value is -2.25. The van der Waals surface area contributed by atoms with Crippen LogP contribution in [0.5, 0.6) is 0 Å². The Morgan fingerprint density at radius 1 is 1.22 bits per heavy atom. The third kappa shape index (κ3) is 2.53. The van der Waals surface area contributed by atoms with Gasteiger partial charge in [0.05, 0.1) is 5.69 Å². The number of benzene rings is 1. The number of nitrogens with two attached hydrogens (primary N) is 1. The highest BCUT2D eigenvalue weighted by Crippen LogP contribution is 2.16. The Kier molecular flexibility index (Phi) is 2.85. The van der Waals surface area contributed by atoms with Gasteiger partial charge in [0.1, 0.15) is 12.9 Å². The predicted molar refractivity (Wildman–Crippen MR) is 58.3 cm³/mol. The molecule has 0 unspecified atom stereocenters. The fourth-order valence-corrected chi connectivity index (χ4v) is 1.43. The van der Waals surface area contributed by atoms with Crippen molar-refractivity contribution in [1.82, 2.24) is 14.3 Å². The Bertz CT molecular complexity index is 597. The molecule has 0 aliphatic heterocycles. The third-order valence-electron chi connectivity index (χ3n) is 2.23. The number of nitrogens with zero attached hydrogens (tertiary/aromatic N) is 3. The summed E-state index contributed by atoms with van der Waals surface area (Å²) in [6.45, 7) is -1.41. The van der Waals surface area contributed by atoms with Gasteiger partial charge in [-0.05, 0) is 24.3 Å². The molecule has 0 aliphatic rings. The normalized spacial score (nSPS) is 11.7. The van der Waals surface area contributed by atoms with Gasteiger partial charge in [-0.2, -0.15) is 18.3 Å². The lowest BCUT2D eigenvalue weighted by molar-refractivity contribution is -0.143. The highest BCUT2D eigenvalue weighted by atomic mass is 19.4. The molecule has 0 radical (unpaired) electrons. The van der Waals surface area contributed by atoms with Crippen molar-refractivity contribution in [3.63, 3.8) is 0 Å². The summed E-state index contributed by atoms with van der Waals surface area (Å²) in [7, 11) is 0. The molecule has 2 aromatic rings. The molecule has 18 heavy (non-hydrogen) atoms. The number of nitrogen functional groups attached to an aromatic ring is 1. The Labute approximate surface area is 99.3 Å². The summed E-state index contributed by atoms with van der Waals surface area (Å²) >= 11 is 0. The number of halogens is 3. The Morgan fingerprint density at radius 2 is 1.83 bits per heavy atom. The number of hydrogen-bond donors (Lipinski definition) is 1. The van der Waals surface area contributed by atoms with Gasteiger partial charge in [-0.15, -0.1) is 0 Å². The van der Waals surface area contributed by atoms with E-state index in [1.54, 1.807) is 12.1 Å². The van der Waals surface area contributed by atoms with Crippen molar-refractivity contribution in [3.8, 4) is 5.69 Å².